The highest BCUT2D eigenvalue weighted by molar-refractivity contribution is 6.10. The lowest BCUT2D eigenvalue weighted by molar-refractivity contribution is 0.661. The molecule has 1 aliphatic rings. The smallest absolute Gasteiger partial charge is 0.0541 e. The van der Waals surface area contributed by atoms with Crippen molar-refractivity contribution in [3.8, 4) is 33.6 Å². The Morgan fingerprint density at radius 1 is 0.417 bits per heavy atom. The van der Waals surface area contributed by atoms with Crippen LogP contribution in [-0.2, 0) is 5.41 Å². The van der Waals surface area contributed by atoms with Crippen molar-refractivity contribution in [2.45, 2.75) is 19.3 Å². The van der Waals surface area contributed by atoms with E-state index in [1.54, 1.807) is 0 Å². The summed E-state index contributed by atoms with van der Waals surface area (Å²) in [7, 11) is 0. The number of hydrogen-bond donors (Lipinski definition) is 1. The number of anilines is 1. The Balaban J connectivity index is 1.28. The SMILES string of the molecule is CC1(C)c2cc(N)ccc2-c2ccc(-c3cc(-n4c5ccccc5c5ccccc54)cc(-n4c5ccccc5c5ccccc54)c3)cc21. The third-order valence-corrected chi connectivity index (χ3v) is 10.6. The minimum Gasteiger partial charge on any atom is -0.399 e. The highest BCUT2D eigenvalue weighted by Crippen LogP contribution is 2.50. The van der Waals surface area contributed by atoms with Gasteiger partial charge in [0.25, 0.3) is 0 Å². The van der Waals surface area contributed by atoms with E-state index in [0.29, 0.717) is 0 Å². The van der Waals surface area contributed by atoms with Crippen molar-refractivity contribution >= 4 is 49.3 Å². The Labute approximate surface area is 279 Å². The largest absolute Gasteiger partial charge is 0.399 e. The fraction of sp³-hybridized carbons (Fsp3) is 0.0667. The summed E-state index contributed by atoms with van der Waals surface area (Å²) in [6, 6.07) is 55.5. The molecule has 1 aliphatic carbocycles. The van der Waals surface area contributed by atoms with Crippen LogP contribution in [0.5, 0.6) is 0 Å². The Kier molecular flexibility index (Phi) is 5.49. The molecule has 0 saturated carbocycles. The first kappa shape index (κ1) is 27.1. The lowest BCUT2D eigenvalue weighted by Crippen LogP contribution is -2.15. The lowest BCUT2D eigenvalue weighted by Gasteiger charge is -2.22. The van der Waals surface area contributed by atoms with E-state index < -0.39 is 0 Å². The van der Waals surface area contributed by atoms with Gasteiger partial charge in [0.2, 0.25) is 0 Å². The second kappa shape index (κ2) is 9.73. The minimum absolute atomic E-state index is 0.157. The van der Waals surface area contributed by atoms with Gasteiger partial charge in [0.05, 0.1) is 22.1 Å². The second-order valence-corrected chi connectivity index (χ2v) is 13.7. The van der Waals surface area contributed by atoms with Crippen LogP contribution in [0, 0.1) is 0 Å². The molecule has 0 unspecified atom stereocenters. The quantitative estimate of drug-likeness (QED) is 0.197. The molecular weight excluding hydrogens is 583 g/mol. The molecule has 2 N–H and O–H groups in total. The van der Waals surface area contributed by atoms with E-state index >= 15 is 0 Å². The fourth-order valence-electron chi connectivity index (χ4n) is 8.36. The van der Waals surface area contributed by atoms with Crippen molar-refractivity contribution in [3.63, 3.8) is 0 Å². The summed E-state index contributed by atoms with van der Waals surface area (Å²) in [6.45, 7) is 4.64. The maximum atomic E-state index is 6.29. The highest BCUT2D eigenvalue weighted by atomic mass is 15.0. The average molecular weight is 616 g/mol. The number of aromatic nitrogens is 2. The molecule has 2 heterocycles. The van der Waals surface area contributed by atoms with Gasteiger partial charge in [-0.25, -0.2) is 0 Å². The third-order valence-electron chi connectivity index (χ3n) is 10.6. The summed E-state index contributed by atoms with van der Waals surface area (Å²) in [4.78, 5) is 0. The van der Waals surface area contributed by atoms with E-state index in [-0.39, 0.29) is 5.41 Å². The number of hydrogen-bond acceptors (Lipinski definition) is 1. The Morgan fingerprint density at radius 3 is 1.31 bits per heavy atom. The van der Waals surface area contributed by atoms with E-state index in [4.69, 9.17) is 5.73 Å². The fourth-order valence-corrected chi connectivity index (χ4v) is 8.36. The molecule has 0 bridgehead atoms. The molecule has 0 radical (unpaired) electrons. The van der Waals surface area contributed by atoms with Crippen LogP contribution < -0.4 is 5.73 Å². The number of nitrogens with two attached hydrogens (primary N) is 1. The molecule has 0 aliphatic heterocycles. The summed E-state index contributed by atoms with van der Waals surface area (Å²) in [6.07, 6.45) is 0. The molecule has 3 heteroatoms. The van der Waals surface area contributed by atoms with Crippen LogP contribution in [0.1, 0.15) is 25.0 Å². The number of fused-ring (bicyclic) bond motifs is 9. The summed E-state index contributed by atoms with van der Waals surface area (Å²) < 4.78 is 4.86. The Hall–Kier alpha value is -6.06. The van der Waals surface area contributed by atoms with Gasteiger partial charge >= 0.3 is 0 Å². The van der Waals surface area contributed by atoms with E-state index in [9.17, 15) is 0 Å². The van der Waals surface area contributed by atoms with Gasteiger partial charge in [-0.05, 0) is 94.0 Å². The first-order valence-corrected chi connectivity index (χ1v) is 16.6. The maximum Gasteiger partial charge on any atom is 0.0541 e. The number of nitrogens with zero attached hydrogens (tertiary/aromatic N) is 2. The molecule has 10 rings (SSSR count). The molecule has 7 aromatic carbocycles. The summed E-state index contributed by atoms with van der Waals surface area (Å²) >= 11 is 0. The molecule has 0 amide bonds. The Bertz CT molecular complexity index is 2530. The molecule has 0 atom stereocenters. The van der Waals surface area contributed by atoms with Crippen molar-refractivity contribution in [2.24, 2.45) is 0 Å². The minimum atomic E-state index is -0.157. The molecule has 0 fully saturated rings. The highest BCUT2D eigenvalue weighted by Gasteiger charge is 2.35. The monoisotopic (exact) mass is 615 g/mol. The van der Waals surface area contributed by atoms with E-state index in [2.05, 4.69) is 169 Å². The molecule has 2 aromatic heterocycles. The molecule has 9 aromatic rings. The standard InChI is InChI=1S/C45H33N3/c1-45(2)39-25-28(19-21-33(39)34-22-20-30(46)26-40(34)45)29-23-31(47-41-15-7-3-11-35(41)36-12-4-8-16-42(36)47)27-32(24-29)48-43-17-9-5-13-37(43)38-14-6-10-18-44(38)48/h3-27H,46H2,1-2H3. The van der Waals surface area contributed by atoms with Gasteiger partial charge in [-0.1, -0.05) is 105 Å². The molecule has 3 nitrogen and oxygen atoms in total. The van der Waals surface area contributed by atoms with Crippen molar-refractivity contribution in [3.05, 3.63) is 163 Å². The molecule has 0 saturated heterocycles. The Morgan fingerprint density at radius 2 is 0.833 bits per heavy atom. The predicted octanol–water partition coefficient (Wildman–Crippen LogP) is 11.4. The van der Waals surface area contributed by atoms with Gasteiger partial charge < -0.3 is 14.9 Å². The first-order chi connectivity index (χ1) is 23.5. The van der Waals surface area contributed by atoms with Gasteiger partial charge in [-0.15, -0.1) is 0 Å². The van der Waals surface area contributed by atoms with E-state index in [1.165, 1.54) is 77.0 Å². The van der Waals surface area contributed by atoms with E-state index in [0.717, 1.165) is 17.1 Å². The number of rotatable bonds is 3. The van der Waals surface area contributed by atoms with Crippen molar-refractivity contribution in [1.29, 1.82) is 0 Å². The van der Waals surface area contributed by atoms with Gasteiger partial charge in [0.1, 0.15) is 0 Å². The van der Waals surface area contributed by atoms with Crippen LogP contribution in [0.4, 0.5) is 5.69 Å². The maximum absolute atomic E-state index is 6.29. The lowest BCUT2D eigenvalue weighted by atomic mass is 9.81. The van der Waals surface area contributed by atoms with E-state index in [1.807, 2.05) is 6.07 Å². The second-order valence-electron chi connectivity index (χ2n) is 13.7. The average Bonchev–Trinajstić information content (AvgIpc) is 3.71. The van der Waals surface area contributed by atoms with Gasteiger partial charge in [-0.3, -0.25) is 0 Å². The summed E-state index contributed by atoms with van der Waals surface area (Å²) in [5.74, 6) is 0. The zero-order chi connectivity index (χ0) is 32.1. The summed E-state index contributed by atoms with van der Waals surface area (Å²) in [5.41, 5.74) is 21.6. The van der Waals surface area contributed by atoms with Crippen LogP contribution in [0.2, 0.25) is 0 Å². The van der Waals surface area contributed by atoms with Crippen LogP contribution in [0.25, 0.3) is 77.2 Å². The van der Waals surface area contributed by atoms with Crippen molar-refractivity contribution in [2.75, 3.05) is 5.73 Å². The molecule has 48 heavy (non-hydrogen) atoms. The van der Waals surface area contributed by atoms with Crippen LogP contribution in [-0.4, -0.2) is 9.13 Å². The third kappa shape index (κ3) is 3.70. The zero-order valence-corrected chi connectivity index (χ0v) is 26.9. The van der Waals surface area contributed by atoms with Crippen LogP contribution in [0.3, 0.4) is 0 Å². The molecule has 228 valence electrons. The zero-order valence-electron chi connectivity index (χ0n) is 26.9. The number of nitrogen functional groups attached to an aromatic ring is 1. The number of para-hydroxylation sites is 4. The van der Waals surface area contributed by atoms with Crippen molar-refractivity contribution in [1.82, 2.24) is 9.13 Å². The van der Waals surface area contributed by atoms with Gasteiger partial charge in [0.15, 0.2) is 0 Å². The number of benzene rings is 7. The first-order valence-electron chi connectivity index (χ1n) is 16.6. The topological polar surface area (TPSA) is 35.9 Å². The normalized spacial score (nSPS) is 13.5. The predicted molar refractivity (Wildman–Crippen MR) is 203 cm³/mol. The van der Waals surface area contributed by atoms with Crippen LogP contribution >= 0.6 is 0 Å². The van der Waals surface area contributed by atoms with Crippen molar-refractivity contribution < 1.29 is 0 Å². The van der Waals surface area contributed by atoms with Crippen LogP contribution in [0.15, 0.2) is 152 Å². The molecule has 0 spiro atoms. The molecular formula is C45H33N3. The van der Waals surface area contributed by atoms with Gasteiger partial charge in [-0.2, -0.15) is 0 Å². The van der Waals surface area contributed by atoms with Gasteiger partial charge in [0, 0.05) is 44.0 Å². The summed E-state index contributed by atoms with van der Waals surface area (Å²) in [5, 5.41) is 5.03.